The molecule has 1 aliphatic rings. The molecule has 1 heterocycles. The lowest BCUT2D eigenvalue weighted by Gasteiger charge is -2.33. The van der Waals surface area contributed by atoms with Crippen LogP contribution in [0.3, 0.4) is 0 Å². The molecule has 0 bridgehead atoms. The molecule has 5 heteroatoms. The van der Waals surface area contributed by atoms with Crippen LogP contribution in [-0.2, 0) is 4.79 Å². The van der Waals surface area contributed by atoms with Crippen molar-refractivity contribution in [1.29, 1.82) is 0 Å². The van der Waals surface area contributed by atoms with E-state index in [1.54, 1.807) is 6.92 Å². The summed E-state index contributed by atoms with van der Waals surface area (Å²) >= 11 is 0. The number of carbonyl (C=O) groups is 1. The van der Waals surface area contributed by atoms with Crippen LogP contribution >= 0.6 is 0 Å². The van der Waals surface area contributed by atoms with E-state index >= 15 is 0 Å². The monoisotopic (exact) mass is 271 g/mol. The molecule has 2 N–H and O–H groups in total. The van der Waals surface area contributed by atoms with Gasteiger partial charge in [0.25, 0.3) is 0 Å². The van der Waals surface area contributed by atoms with E-state index in [0.29, 0.717) is 12.6 Å². The largest absolute Gasteiger partial charge is 0.480 e. The van der Waals surface area contributed by atoms with Crippen LogP contribution in [0.4, 0.5) is 0 Å². The number of rotatable bonds is 8. The topological polar surface area (TPSA) is 55.8 Å². The third kappa shape index (κ3) is 4.75. The second-order valence-electron chi connectivity index (χ2n) is 6.04. The Morgan fingerprint density at radius 2 is 2.26 bits per heavy atom. The third-order valence-corrected chi connectivity index (χ3v) is 4.02. The fourth-order valence-electron chi connectivity index (χ4n) is 2.77. The molecule has 1 fully saturated rings. The predicted octanol–water partition coefficient (Wildman–Crippen LogP) is 0.855. The minimum absolute atomic E-state index is 0.534. The molecule has 1 aliphatic heterocycles. The molecule has 112 valence electrons. The van der Waals surface area contributed by atoms with Crippen molar-refractivity contribution in [1.82, 2.24) is 15.1 Å². The Bertz CT molecular complexity index is 298. The van der Waals surface area contributed by atoms with Crippen LogP contribution in [0.15, 0.2) is 0 Å². The van der Waals surface area contributed by atoms with Crippen molar-refractivity contribution in [2.45, 2.75) is 44.7 Å². The van der Waals surface area contributed by atoms with E-state index in [1.165, 1.54) is 12.8 Å². The van der Waals surface area contributed by atoms with Gasteiger partial charge in [0, 0.05) is 19.1 Å². The summed E-state index contributed by atoms with van der Waals surface area (Å²) in [7, 11) is 4.16. The van der Waals surface area contributed by atoms with Crippen molar-refractivity contribution in [3.8, 4) is 0 Å². The zero-order chi connectivity index (χ0) is 14.5. The van der Waals surface area contributed by atoms with Gasteiger partial charge >= 0.3 is 5.97 Å². The van der Waals surface area contributed by atoms with Crippen LogP contribution in [-0.4, -0.2) is 72.7 Å². The number of hydrogen-bond donors (Lipinski definition) is 2. The number of nitrogens with zero attached hydrogens (tertiary/aromatic N) is 2. The van der Waals surface area contributed by atoms with E-state index in [1.807, 2.05) is 14.0 Å². The van der Waals surface area contributed by atoms with Gasteiger partial charge in [-0.2, -0.15) is 0 Å². The van der Waals surface area contributed by atoms with Crippen molar-refractivity contribution in [3.63, 3.8) is 0 Å². The van der Waals surface area contributed by atoms with Gasteiger partial charge in [-0.15, -0.1) is 0 Å². The van der Waals surface area contributed by atoms with Gasteiger partial charge in [-0.3, -0.25) is 4.79 Å². The summed E-state index contributed by atoms with van der Waals surface area (Å²) in [5.74, 6) is -0.771. The Hall–Kier alpha value is -0.650. The number of likely N-dealkylation sites (tertiary alicyclic amines) is 1. The molecular formula is C14H29N3O2. The minimum Gasteiger partial charge on any atom is -0.480 e. The molecule has 5 nitrogen and oxygen atoms in total. The molecule has 0 aliphatic carbocycles. The van der Waals surface area contributed by atoms with Gasteiger partial charge in [0.1, 0.15) is 5.54 Å². The molecule has 1 saturated heterocycles. The highest BCUT2D eigenvalue weighted by Gasteiger charge is 2.34. The standard InChI is InChI=1S/C14H29N3O2/c1-5-8-15-14(2,13(18)19)11-16(3)10-12-7-6-9-17(12)4/h12,15H,5-11H2,1-4H3,(H,18,19). The third-order valence-electron chi connectivity index (χ3n) is 4.02. The Morgan fingerprint density at radius 1 is 1.58 bits per heavy atom. The summed E-state index contributed by atoms with van der Waals surface area (Å²) in [5.41, 5.74) is -0.859. The molecule has 0 amide bonds. The highest BCUT2D eigenvalue weighted by atomic mass is 16.4. The SMILES string of the molecule is CCCNC(C)(CN(C)CC1CCCN1C)C(=O)O. The smallest absolute Gasteiger partial charge is 0.324 e. The van der Waals surface area contributed by atoms with Crippen molar-refractivity contribution in [3.05, 3.63) is 0 Å². The van der Waals surface area contributed by atoms with E-state index in [2.05, 4.69) is 22.2 Å². The van der Waals surface area contributed by atoms with Gasteiger partial charge in [0.2, 0.25) is 0 Å². The number of likely N-dealkylation sites (N-methyl/N-ethyl adjacent to an activating group) is 2. The average Bonchev–Trinajstić information content (AvgIpc) is 2.72. The molecule has 1 rings (SSSR count). The molecule has 0 saturated carbocycles. The summed E-state index contributed by atoms with van der Waals surface area (Å²) < 4.78 is 0. The first-order chi connectivity index (χ1) is 8.89. The maximum Gasteiger partial charge on any atom is 0.324 e. The number of carboxylic acids is 1. The lowest BCUT2D eigenvalue weighted by molar-refractivity contribution is -0.145. The summed E-state index contributed by atoms with van der Waals surface area (Å²) in [4.78, 5) is 16.0. The summed E-state index contributed by atoms with van der Waals surface area (Å²) in [6.07, 6.45) is 3.41. The lowest BCUT2D eigenvalue weighted by atomic mass is 10.0. The Labute approximate surface area is 117 Å². The van der Waals surface area contributed by atoms with E-state index in [-0.39, 0.29) is 0 Å². The minimum atomic E-state index is -0.859. The maximum atomic E-state index is 11.5. The Balaban J connectivity index is 2.51. The predicted molar refractivity (Wildman–Crippen MR) is 77.5 cm³/mol. The van der Waals surface area contributed by atoms with Crippen molar-refractivity contribution in [2.24, 2.45) is 0 Å². The molecule has 0 aromatic carbocycles. The number of nitrogens with one attached hydrogen (secondary N) is 1. The first kappa shape index (κ1) is 16.4. The summed E-state index contributed by atoms with van der Waals surface area (Å²) in [6.45, 7) is 7.19. The van der Waals surface area contributed by atoms with Crippen molar-refractivity contribution in [2.75, 3.05) is 40.3 Å². The van der Waals surface area contributed by atoms with Gasteiger partial charge in [-0.05, 0) is 53.4 Å². The van der Waals surface area contributed by atoms with Crippen LogP contribution < -0.4 is 5.32 Å². The van der Waals surface area contributed by atoms with Crippen molar-refractivity contribution < 1.29 is 9.90 Å². The van der Waals surface area contributed by atoms with Crippen LogP contribution in [0.2, 0.25) is 0 Å². The Morgan fingerprint density at radius 3 is 2.74 bits per heavy atom. The van der Waals surface area contributed by atoms with Crippen molar-refractivity contribution >= 4 is 5.97 Å². The Kier molecular flexibility index (Phi) is 6.23. The second-order valence-corrected chi connectivity index (χ2v) is 6.04. The molecule has 0 aromatic rings. The van der Waals surface area contributed by atoms with E-state index < -0.39 is 11.5 Å². The number of hydrogen-bond acceptors (Lipinski definition) is 4. The molecule has 0 aromatic heterocycles. The fourth-order valence-corrected chi connectivity index (χ4v) is 2.77. The quantitative estimate of drug-likeness (QED) is 0.685. The first-order valence-electron chi connectivity index (χ1n) is 7.26. The zero-order valence-electron chi connectivity index (χ0n) is 12.8. The lowest BCUT2D eigenvalue weighted by Crippen LogP contribution is -2.57. The average molecular weight is 271 g/mol. The van der Waals surface area contributed by atoms with Crippen LogP contribution in [0.25, 0.3) is 0 Å². The maximum absolute atomic E-state index is 11.5. The zero-order valence-corrected chi connectivity index (χ0v) is 12.8. The molecule has 2 atom stereocenters. The molecule has 0 spiro atoms. The summed E-state index contributed by atoms with van der Waals surface area (Å²) in [6, 6.07) is 0.564. The highest BCUT2D eigenvalue weighted by molar-refractivity contribution is 5.78. The van der Waals surface area contributed by atoms with Gasteiger partial charge in [0.15, 0.2) is 0 Å². The molecule has 0 radical (unpaired) electrons. The normalized spacial score (nSPS) is 23.7. The fraction of sp³-hybridized carbons (Fsp3) is 0.929. The van der Waals surface area contributed by atoms with E-state index in [0.717, 1.165) is 26.1 Å². The van der Waals surface area contributed by atoms with Crippen LogP contribution in [0, 0.1) is 0 Å². The molecular weight excluding hydrogens is 242 g/mol. The van der Waals surface area contributed by atoms with Gasteiger partial charge in [-0.25, -0.2) is 0 Å². The summed E-state index contributed by atoms with van der Waals surface area (Å²) in [5, 5.41) is 12.6. The molecule has 2 unspecified atom stereocenters. The van der Waals surface area contributed by atoms with Gasteiger partial charge in [0.05, 0.1) is 0 Å². The van der Waals surface area contributed by atoms with Gasteiger partial charge in [-0.1, -0.05) is 6.92 Å². The van der Waals surface area contributed by atoms with Crippen LogP contribution in [0.5, 0.6) is 0 Å². The second kappa shape index (κ2) is 7.22. The number of aliphatic carboxylic acids is 1. The molecule has 19 heavy (non-hydrogen) atoms. The van der Waals surface area contributed by atoms with Gasteiger partial charge < -0.3 is 20.2 Å². The first-order valence-corrected chi connectivity index (χ1v) is 7.26. The van der Waals surface area contributed by atoms with E-state index in [4.69, 9.17) is 0 Å². The highest BCUT2D eigenvalue weighted by Crippen LogP contribution is 2.16. The van der Waals surface area contributed by atoms with Crippen LogP contribution in [0.1, 0.15) is 33.1 Å². The van der Waals surface area contributed by atoms with E-state index in [9.17, 15) is 9.90 Å². The number of carboxylic acid groups (broad SMARTS) is 1.